The maximum absolute atomic E-state index is 12.0. The largest absolute Gasteiger partial charge is 0.497 e. The zero-order valence-corrected chi connectivity index (χ0v) is 10.6. The molecule has 0 fully saturated rings. The zero-order chi connectivity index (χ0) is 13.2. The Bertz CT molecular complexity index is 602. The molecule has 1 aliphatic rings. The molecule has 0 aliphatic heterocycles. The van der Waals surface area contributed by atoms with Crippen LogP contribution in [0.5, 0.6) is 5.75 Å². The summed E-state index contributed by atoms with van der Waals surface area (Å²) in [5.41, 5.74) is 2.92. The third-order valence-corrected chi connectivity index (χ3v) is 3.38. The highest BCUT2D eigenvalue weighted by molar-refractivity contribution is 5.89. The van der Waals surface area contributed by atoms with E-state index in [-0.39, 0.29) is 12.1 Å². The molecule has 0 spiro atoms. The maximum atomic E-state index is 12.0. The minimum Gasteiger partial charge on any atom is -0.497 e. The number of hydrogen-bond donors (Lipinski definition) is 0. The van der Waals surface area contributed by atoms with Crippen LogP contribution in [0.2, 0.25) is 0 Å². The van der Waals surface area contributed by atoms with Gasteiger partial charge in [-0.3, -0.25) is 0 Å². The first-order valence-corrected chi connectivity index (χ1v) is 6.21. The fraction of sp³-hybridized carbons (Fsp3) is 0.188. The van der Waals surface area contributed by atoms with Crippen molar-refractivity contribution in [2.75, 3.05) is 7.11 Å². The number of methoxy groups -OCH3 is 1. The van der Waals surface area contributed by atoms with E-state index in [0.717, 1.165) is 17.7 Å². The highest BCUT2D eigenvalue weighted by atomic mass is 16.5. The molecule has 2 aromatic carbocycles. The molecule has 3 nitrogen and oxygen atoms in total. The van der Waals surface area contributed by atoms with Gasteiger partial charge in [0, 0.05) is 6.42 Å². The van der Waals surface area contributed by atoms with Crippen molar-refractivity contribution < 1.29 is 14.3 Å². The van der Waals surface area contributed by atoms with E-state index in [4.69, 9.17) is 9.47 Å². The smallest absolute Gasteiger partial charge is 0.338 e. The second kappa shape index (κ2) is 4.76. The topological polar surface area (TPSA) is 35.5 Å². The number of rotatable bonds is 3. The number of esters is 1. The van der Waals surface area contributed by atoms with Crippen LogP contribution in [0.1, 0.15) is 27.6 Å². The molecule has 0 saturated heterocycles. The van der Waals surface area contributed by atoms with E-state index in [1.807, 2.05) is 18.2 Å². The molecule has 3 heteroatoms. The average Bonchev–Trinajstić information content (AvgIpc) is 2.44. The summed E-state index contributed by atoms with van der Waals surface area (Å²) in [4.78, 5) is 12.0. The van der Waals surface area contributed by atoms with Gasteiger partial charge in [-0.15, -0.1) is 0 Å². The van der Waals surface area contributed by atoms with Gasteiger partial charge in [0.05, 0.1) is 12.7 Å². The highest BCUT2D eigenvalue weighted by Crippen LogP contribution is 2.36. The molecular weight excluding hydrogens is 240 g/mol. The molecule has 0 amide bonds. The van der Waals surface area contributed by atoms with E-state index in [1.165, 1.54) is 5.56 Å². The fourth-order valence-corrected chi connectivity index (χ4v) is 2.24. The molecule has 1 aliphatic carbocycles. The summed E-state index contributed by atoms with van der Waals surface area (Å²) in [5.74, 6) is 0.438. The average molecular weight is 254 g/mol. The van der Waals surface area contributed by atoms with Crippen LogP contribution in [0.25, 0.3) is 0 Å². The van der Waals surface area contributed by atoms with Gasteiger partial charge in [0.1, 0.15) is 11.9 Å². The van der Waals surface area contributed by atoms with Crippen molar-refractivity contribution >= 4 is 5.97 Å². The molecule has 96 valence electrons. The normalized spacial score (nSPS) is 16.2. The van der Waals surface area contributed by atoms with E-state index in [1.54, 1.807) is 31.4 Å². The van der Waals surface area contributed by atoms with Crippen LogP contribution < -0.4 is 4.74 Å². The van der Waals surface area contributed by atoms with Crippen molar-refractivity contribution in [3.8, 4) is 5.75 Å². The first-order chi connectivity index (χ1) is 9.28. The number of ether oxygens (including phenoxy) is 2. The Morgan fingerprint density at radius 3 is 2.53 bits per heavy atom. The Balaban J connectivity index is 1.69. The van der Waals surface area contributed by atoms with Gasteiger partial charge in [-0.1, -0.05) is 24.3 Å². The van der Waals surface area contributed by atoms with Gasteiger partial charge in [0.2, 0.25) is 0 Å². The van der Waals surface area contributed by atoms with Gasteiger partial charge in [-0.2, -0.15) is 0 Å². The van der Waals surface area contributed by atoms with Crippen LogP contribution in [0.4, 0.5) is 0 Å². The summed E-state index contributed by atoms with van der Waals surface area (Å²) in [6.45, 7) is 0. The monoisotopic (exact) mass is 254 g/mol. The summed E-state index contributed by atoms with van der Waals surface area (Å²) in [6, 6.07) is 15.0. The van der Waals surface area contributed by atoms with Gasteiger partial charge in [-0.05, 0) is 35.4 Å². The first-order valence-electron chi connectivity index (χ1n) is 6.21. The van der Waals surface area contributed by atoms with E-state index in [2.05, 4.69) is 6.07 Å². The summed E-state index contributed by atoms with van der Waals surface area (Å²) < 4.78 is 10.5. The van der Waals surface area contributed by atoms with E-state index < -0.39 is 0 Å². The number of carbonyl (C=O) groups is 1. The summed E-state index contributed by atoms with van der Waals surface area (Å²) in [5, 5.41) is 0. The number of fused-ring (bicyclic) bond motifs is 1. The summed E-state index contributed by atoms with van der Waals surface area (Å²) in [6.07, 6.45) is 0.698. The molecule has 0 saturated carbocycles. The number of carbonyl (C=O) groups excluding carboxylic acids is 1. The zero-order valence-electron chi connectivity index (χ0n) is 10.6. The van der Waals surface area contributed by atoms with Crippen LogP contribution in [-0.2, 0) is 11.2 Å². The number of benzene rings is 2. The van der Waals surface area contributed by atoms with Gasteiger partial charge in [0.25, 0.3) is 0 Å². The molecule has 1 atom stereocenters. The Kier molecular flexibility index (Phi) is 2.95. The van der Waals surface area contributed by atoms with Crippen molar-refractivity contribution in [1.82, 2.24) is 0 Å². The van der Waals surface area contributed by atoms with Crippen molar-refractivity contribution in [1.29, 1.82) is 0 Å². The predicted octanol–water partition coefficient (Wildman–Crippen LogP) is 3.15. The molecule has 2 aromatic rings. The summed E-state index contributed by atoms with van der Waals surface area (Å²) in [7, 11) is 1.60. The van der Waals surface area contributed by atoms with Crippen molar-refractivity contribution in [3.05, 3.63) is 65.2 Å². The second-order valence-electron chi connectivity index (χ2n) is 4.53. The van der Waals surface area contributed by atoms with Gasteiger partial charge < -0.3 is 9.47 Å². The Labute approximate surface area is 111 Å². The molecule has 1 unspecified atom stereocenters. The Hall–Kier alpha value is -2.29. The minimum atomic E-state index is -0.290. The lowest BCUT2D eigenvalue weighted by atomic mass is 9.85. The minimum absolute atomic E-state index is 0.106. The lowest BCUT2D eigenvalue weighted by Gasteiger charge is -2.29. The highest BCUT2D eigenvalue weighted by Gasteiger charge is 2.29. The van der Waals surface area contributed by atoms with E-state index >= 15 is 0 Å². The molecular formula is C16H14O3. The van der Waals surface area contributed by atoms with Crippen molar-refractivity contribution in [3.63, 3.8) is 0 Å². The lowest BCUT2D eigenvalue weighted by Crippen LogP contribution is -2.22. The predicted molar refractivity (Wildman–Crippen MR) is 71.3 cm³/mol. The van der Waals surface area contributed by atoms with Crippen molar-refractivity contribution in [2.45, 2.75) is 12.5 Å². The molecule has 0 N–H and O–H groups in total. The standard InChI is InChI=1S/C16H14O3/c1-18-13-8-6-11(7-9-13)16(17)19-15-10-12-4-2-3-5-14(12)15/h2-9,15H,10H2,1H3. The molecule has 0 bridgehead atoms. The fourth-order valence-electron chi connectivity index (χ4n) is 2.24. The maximum Gasteiger partial charge on any atom is 0.338 e. The van der Waals surface area contributed by atoms with E-state index in [0.29, 0.717) is 5.56 Å². The van der Waals surface area contributed by atoms with Crippen LogP contribution in [-0.4, -0.2) is 13.1 Å². The first kappa shape index (κ1) is 11.8. The van der Waals surface area contributed by atoms with Crippen molar-refractivity contribution in [2.24, 2.45) is 0 Å². The van der Waals surface area contributed by atoms with Crippen LogP contribution in [0, 0.1) is 0 Å². The Morgan fingerprint density at radius 2 is 1.84 bits per heavy atom. The molecule has 0 radical (unpaired) electrons. The molecule has 0 heterocycles. The lowest BCUT2D eigenvalue weighted by molar-refractivity contribution is 0.0242. The Morgan fingerprint density at radius 1 is 1.11 bits per heavy atom. The third-order valence-electron chi connectivity index (χ3n) is 3.38. The molecule has 19 heavy (non-hydrogen) atoms. The number of hydrogen-bond acceptors (Lipinski definition) is 3. The summed E-state index contributed by atoms with van der Waals surface area (Å²) >= 11 is 0. The van der Waals surface area contributed by atoms with Crippen LogP contribution in [0.3, 0.4) is 0 Å². The third kappa shape index (κ3) is 2.19. The molecule has 3 rings (SSSR count). The van der Waals surface area contributed by atoms with Crippen LogP contribution >= 0.6 is 0 Å². The second-order valence-corrected chi connectivity index (χ2v) is 4.53. The van der Waals surface area contributed by atoms with Crippen LogP contribution in [0.15, 0.2) is 48.5 Å². The molecule has 0 aromatic heterocycles. The van der Waals surface area contributed by atoms with Gasteiger partial charge >= 0.3 is 5.97 Å². The van der Waals surface area contributed by atoms with E-state index in [9.17, 15) is 4.79 Å². The SMILES string of the molecule is COc1ccc(C(=O)OC2Cc3ccccc32)cc1. The van der Waals surface area contributed by atoms with Gasteiger partial charge in [0.15, 0.2) is 0 Å². The quantitative estimate of drug-likeness (QED) is 0.789. The van der Waals surface area contributed by atoms with Gasteiger partial charge in [-0.25, -0.2) is 4.79 Å².